The summed E-state index contributed by atoms with van der Waals surface area (Å²) in [5, 5.41) is 18.3. The van der Waals surface area contributed by atoms with Crippen LogP contribution in [0.2, 0.25) is 0 Å². The van der Waals surface area contributed by atoms with Crippen LogP contribution in [0.15, 0.2) is 48.5 Å². The van der Waals surface area contributed by atoms with Crippen molar-refractivity contribution in [3.05, 3.63) is 59.7 Å². The summed E-state index contributed by atoms with van der Waals surface area (Å²) in [4.78, 5) is 0. The van der Waals surface area contributed by atoms with Crippen molar-refractivity contribution in [2.45, 2.75) is 25.4 Å². The van der Waals surface area contributed by atoms with Crippen molar-refractivity contribution < 1.29 is 5.11 Å². The monoisotopic (exact) mass is 272 g/mol. The Labute approximate surface area is 123 Å². The first-order valence-corrected chi connectivity index (χ1v) is 7.70. The molecule has 0 spiro atoms. The average Bonchev–Trinajstić information content (AvgIpc) is 2.53. The molecule has 1 nitrogen and oxygen atoms in total. The van der Waals surface area contributed by atoms with Gasteiger partial charge in [-0.25, -0.2) is 0 Å². The molecule has 0 saturated heterocycles. The van der Waals surface area contributed by atoms with E-state index in [1.165, 1.54) is 37.9 Å². The standard InChI is InChI=1S/C20H16O/c21-18-6-2-5-15-16-10-9-13-4-1-3-12-7-8-14(11-17(15)18)20(16)19(12)13/h1,3-4,7-11,18,21H,2,5-6H2/t18-/m1/s1. The molecule has 5 rings (SSSR count). The number of hydrogen-bond donors (Lipinski definition) is 1. The Bertz CT molecular complexity index is 968. The largest absolute Gasteiger partial charge is 0.388 e. The number of fused-ring (bicyclic) bond motifs is 2. The maximum absolute atomic E-state index is 10.3. The van der Waals surface area contributed by atoms with E-state index in [9.17, 15) is 5.11 Å². The fourth-order valence-electron chi connectivity index (χ4n) is 4.09. The molecule has 0 fully saturated rings. The molecule has 0 aliphatic heterocycles. The first-order valence-electron chi connectivity index (χ1n) is 7.70. The molecule has 1 heteroatoms. The van der Waals surface area contributed by atoms with Crippen LogP contribution in [0.5, 0.6) is 0 Å². The molecule has 1 aliphatic rings. The van der Waals surface area contributed by atoms with Crippen LogP contribution in [-0.2, 0) is 6.42 Å². The van der Waals surface area contributed by atoms with Crippen molar-refractivity contribution in [1.82, 2.24) is 0 Å². The maximum atomic E-state index is 10.3. The van der Waals surface area contributed by atoms with Crippen molar-refractivity contribution in [3.63, 3.8) is 0 Å². The highest BCUT2D eigenvalue weighted by atomic mass is 16.3. The molecule has 1 atom stereocenters. The van der Waals surface area contributed by atoms with Crippen molar-refractivity contribution >= 4 is 32.3 Å². The normalized spacial score (nSPS) is 18.6. The van der Waals surface area contributed by atoms with Gasteiger partial charge in [-0.3, -0.25) is 0 Å². The zero-order chi connectivity index (χ0) is 14.0. The van der Waals surface area contributed by atoms with Gasteiger partial charge in [-0.05, 0) is 68.8 Å². The van der Waals surface area contributed by atoms with E-state index in [2.05, 4.69) is 48.5 Å². The van der Waals surface area contributed by atoms with Gasteiger partial charge < -0.3 is 5.11 Å². The van der Waals surface area contributed by atoms with Crippen LogP contribution in [0.4, 0.5) is 0 Å². The van der Waals surface area contributed by atoms with E-state index in [0.717, 1.165) is 24.8 Å². The van der Waals surface area contributed by atoms with Crippen LogP contribution < -0.4 is 0 Å². The van der Waals surface area contributed by atoms with Crippen molar-refractivity contribution in [3.8, 4) is 0 Å². The number of aliphatic hydroxyl groups is 1. The Balaban J connectivity index is 2.07. The Hall–Kier alpha value is -2.12. The van der Waals surface area contributed by atoms with Crippen LogP contribution in [0.3, 0.4) is 0 Å². The molecule has 0 amide bonds. The first kappa shape index (κ1) is 11.5. The molecule has 102 valence electrons. The predicted octanol–water partition coefficient (Wildman–Crippen LogP) is 4.95. The molecular weight excluding hydrogens is 256 g/mol. The van der Waals surface area contributed by atoms with E-state index in [1.54, 1.807) is 0 Å². The first-order chi connectivity index (χ1) is 10.3. The second kappa shape index (κ2) is 3.96. The lowest BCUT2D eigenvalue weighted by Crippen LogP contribution is -2.09. The van der Waals surface area contributed by atoms with Gasteiger partial charge in [0.25, 0.3) is 0 Å². The molecule has 0 unspecified atom stereocenters. The molecule has 0 heterocycles. The maximum Gasteiger partial charge on any atom is 0.0793 e. The van der Waals surface area contributed by atoms with Crippen LogP contribution in [-0.4, -0.2) is 5.11 Å². The molecule has 1 N–H and O–H groups in total. The zero-order valence-electron chi connectivity index (χ0n) is 11.8. The number of hydrogen-bond acceptors (Lipinski definition) is 1. The summed E-state index contributed by atoms with van der Waals surface area (Å²) in [5.74, 6) is 0. The summed E-state index contributed by atoms with van der Waals surface area (Å²) in [7, 11) is 0. The lowest BCUT2D eigenvalue weighted by Gasteiger charge is -2.24. The fourth-order valence-corrected chi connectivity index (χ4v) is 4.09. The van der Waals surface area contributed by atoms with E-state index in [1.807, 2.05) is 0 Å². The molecule has 21 heavy (non-hydrogen) atoms. The number of rotatable bonds is 0. The smallest absolute Gasteiger partial charge is 0.0793 e. The van der Waals surface area contributed by atoms with Gasteiger partial charge in [-0.2, -0.15) is 0 Å². The van der Waals surface area contributed by atoms with Crippen LogP contribution in [0.25, 0.3) is 32.3 Å². The van der Waals surface area contributed by atoms with Crippen LogP contribution >= 0.6 is 0 Å². The highest BCUT2D eigenvalue weighted by Gasteiger charge is 2.22. The molecule has 4 aromatic rings. The van der Waals surface area contributed by atoms with Crippen molar-refractivity contribution in [1.29, 1.82) is 0 Å². The number of benzene rings is 4. The van der Waals surface area contributed by atoms with E-state index in [-0.39, 0.29) is 6.10 Å². The summed E-state index contributed by atoms with van der Waals surface area (Å²) in [5.41, 5.74) is 2.51. The Morgan fingerprint density at radius 1 is 0.857 bits per heavy atom. The Morgan fingerprint density at radius 2 is 1.62 bits per heavy atom. The minimum absolute atomic E-state index is 0.296. The Morgan fingerprint density at radius 3 is 2.48 bits per heavy atom. The Kier molecular flexibility index (Phi) is 2.17. The third-order valence-corrected chi connectivity index (χ3v) is 5.06. The van der Waals surface area contributed by atoms with Gasteiger partial charge in [0.2, 0.25) is 0 Å². The van der Waals surface area contributed by atoms with E-state index in [4.69, 9.17) is 0 Å². The quantitative estimate of drug-likeness (QED) is 0.449. The zero-order valence-corrected chi connectivity index (χ0v) is 11.8. The van der Waals surface area contributed by atoms with Gasteiger partial charge in [-0.15, -0.1) is 0 Å². The van der Waals surface area contributed by atoms with Gasteiger partial charge in [0.1, 0.15) is 0 Å². The third-order valence-electron chi connectivity index (χ3n) is 5.06. The van der Waals surface area contributed by atoms with Gasteiger partial charge in [0, 0.05) is 0 Å². The predicted molar refractivity (Wildman–Crippen MR) is 88.0 cm³/mol. The number of aryl methyl sites for hydroxylation is 1. The molecular formula is C20H16O. The highest BCUT2D eigenvalue weighted by molar-refractivity contribution is 6.23. The molecule has 0 saturated carbocycles. The van der Waals surface area contributed by atoms with E-state index >= 15 is 0 Å². The van der Waals surface area contributed by atoms with E-state index < -0.39 is 0 Å². The fraction of sp³-hybridized carbons (Fsp3) is 0.200. The summed E-state index contributed by atoms with van der Waals surface area (Å²) in [6.07, 6.45) is 2.76. The number of aliphatic hydroxyl groups excluding tert-OH is 1. The summed E-state index contributed by atoms with van der Waals surface area (Å²) >= 11 is 0. The molecule has 0 aromatic heterocycles. The van der Waals surface area contributed by atoms with Gasteiger partial charge in [-0.1, -0.05) is 42.5 Å². The summed E-state index contributed by atoms with van der Waals surface area (Å²) in [6.45, 7) is 0. The second-order valence-corrected chi connectivity index (χ2v) is 6.21. The minimum atomic E-state index is -0.296. The van der Waals surface area contributed by atoms with Gasteiger partial charge in [0.15, 0.2) is 0 Å². The minimum Gasteiger partial charge on any atom is -0.388 e. The molecule has 0 radical (unpaired) electrons. The van der Waals surface area contributed by atoms with Crippen LogP contribution in [0, 0.1) is 0 Å². The second-order valence-electron chi connectivity index (χ2n) is 6.21. The van der Waals surface area contributed by atoms with Crippen molar-refractivity contribution in [2.24, 2.45) is 0 Å². The van der Waals surface area contributed by atoms with Gasteiger partial charge in [0.05, 0.1) is 6.10 Å². The SMILES string of the molecule is O[C@@H]1CCCc2c1cc1ccc3cccc4ccc2c1c34. The average molecular weight is 272 g/mol. The highest BCUT2D eigenvalue weighted by Crippen LogP contribution is 2.41. The lowest BCUT2D eigenvalue weighted by molar-refractivity contribution is 0.157. The summed E-state index contributed by atoms with van der Waals surface area (Å²) in [6, 6.07) is 17.6. The molecule has 4 aromatic carbocycles. The summed E-state index contributed by atoms with van der Waals surface area (Å²) < 4.78 is 0. The van der Waals surface area contributed by atoms with Crippen molar-refractivity contribution in [2.75, 3.05) is 0 Å². The molecule has 0 bridgehead atoms. The lowest BCUT2D eigenvalue weighted by atomic mass is 9.82. The molecule has 1 aliphatic carbocycles. The topological polar surface area (TPSA) is 20.2 Å². The third kappa shape index (κ3) is 1.44. The van der Waals surface area contributed by atoms with Crippen LogP contribution in [0.1, 0.15) is 30.1 Å². The van der Waals surface area contributed by atoms with Gasteiger partial charge >= 0.3 is 0 Å². The van der Waals surface area contributed by atoms with E-state index in [0.29, 0.717) is 0 Å².